The maximum atomic E-state index is 5.88. The molecule has 0 aliphatic heterocycles. The Morgan fingerprint density at radius 2 is 2.10 bits per heavy atom. The quantitative estimate of drug-likeness (QED) is 0.912. The molecule has 3 nitrogen and oxygen atoms in total. The molecule has 1 aliphatic carbocycles. The molecule has 1 aromatic heterocycles. The predicted octanol–water partition coefficient (Wildman–Crippen LogP) is 4.33. The van der Waals surface area contributed by atoms with E-state index in [2.05, 4.69) is 31.2 Å². The van der Waals surface area contributed by atoms with Crippen LogP contribution in [-0.2, 0) is 0 Å². The second kappa shape index (κ2) is 6.41. The second-order valence-corrected chi connectivity index (χ2v) is 7.51. The number of thioether (sulfide) groups is 1. The lowest BCUT2D eigenvalue weighted by Crippen LogP contribution is -2.41. The molecular formula is C17H24N2OS. The Kier molecular flexibility index (Phi) is 4.55. The molecule has 3 unspecified atom stereocenters. The summed E-state index contributed by atoms with van der Waals surface area (Å²) in [6.07, 6.45) is 3.82. The van der Waals surface area contributed by atoms with Gasteiger partial charge >= 0.3 is 0 Å². The maximum absolute atomic E-state index is 5.88. The number of oxazole rings is 1. The molecule has 1 fully saturated rings. The summed E-state index contributed by atoms with van der Waals surface area (Å²) in [5, 5.41) is 4.83. The SMILES string of the molecule is CNC1CCC(C(C)C)CC1Sc1nc2ccccc2o1. The molecule has 3 atom stereocenters. The number of hydrogen-bond donors (Lipinski definition) is 1. The van der Waals surface area contributed by atoms with Crippen molar-refractivity contribution < 1.29 is 4.42 Å². The lowest BCUT2D eigenvalue weighted by molar-refractivity contribution is 0.250. The molecule has 1 heterocycles. The van der Waals surface area contributed by atoms with E-state index in [0.717, 1.165) is 28.2 Å². The number of benzene rings is 1. The van der Waals surface area contributed by atoms with Gasteiger partial charge in [0.05, 0.1) is 0 Å². The zero-order chi connectivity index (χ0) is 14.8. The summed E-state index contributed by atoms with van der Waals surface area (Å²) < 4.78 is 5.88. The molecule has 1 saturated carbocycles. The minimum atomic E-state index is 0.546. The number of fused-ring (bicyclic) bond motifs is 1. The Morgan fingerprint density at radius 1 is 1.29 bits per heavy atom. The van der Waals surface area contributed by atoms with Crippen molar-refractivity contribution in [2.75, 3.05) is 7.05 Å². The van der Waals surface area contributed by atoms with Crippen LogP contribution in [-0.4, -0.2) is 23.3 Å². The average Bonchev–Trinajstić information content (AvgIpc) is 2.89. The van der Waals surface area contributed by atoms with Crippen LogP contribution in [0.2, 0.25) is 0 Å². The number of nitrogens with one attached hydrogen (secondary N) is 1. The first-order chi connectivity index (χ1) is 10.2. The van der Waals surface area contributed by atoms with Crippen LogP contribution in [0, 0.1) is 11.8 Å². The van der Waals surface area contributed by atoms with Crippen LogP contribution < -0.4 is 5.32 Å². The Morgan fingerprint density at radius 3 is 2.81 bits per heavy atom. The van der Waals surface area contributed by atoms with E-state index in [1.165, 1.54) is 19.3 Å². The van der Waals surface area contributed by atoms with Crippen LogP contribution >= 0.6 is 11.8 Å². The van der Waals surface area contributed by atoms with Crippen LogP contribution in [0.3, 0.4) is 0 Å². The van der Waals surface area contributed by atoms with Gasteiger partial charge in [0.2, 0.25) is 0 Å². The number of hydrogen-bond acceptors (Lipinski definition) is 4. The molecule has 2 aromatic rings. The standard InChI is InChI=1S/C17H24N2OS/c1-11(2)12-8-9-14(18-3)16(10-12)21-17-19-13-6-4-5-7-15(13)20-17/h4-7,11-12,14,16,18H,8-10H2,1-3H3. The fourth-order valence-electron chi connectivity index (χ4n) is 3.26. The van der Waals surface area contributed by atoms with Gasteiger partial charge < -0.3 is 9.73 Å². The molecule has 0 spiro atoms. The summed E-state index contributed by atoms with van der Waals surface area (Å²) >= 11 is 1.80. The van der Waals surface area contributed by atoms with Gasteiger partial charge in [0, 0.05) is 11.3 Å². The van der Waals surface area contributed by atoms with Crippen LogP contribution in [0.1, 0.15) is 33.1 Å². The highest BCUT2D eigenvalue weighted by atomic mass is 32.2. The number of rotatable bonds is 4. The van der Waals surface area contributed by atoms with E-state index >= 15 is 0 Å². The van der Waals surface area contributed by atoms with Crippen molar-refractivity contribution in [1.29, 1.82) is 0 Å². The van der Waals surface area contributed by atoms with Crippen LogP contribution in [0.15, 0.2) is 33.9 Å². The molecule has 0 bridgehead atoms. The highest BCUT2D eigenvalue weighted by Crippen LogP contribution is 2.39. The Hall–Kier alpha value is -1.00. The normalized spacial score (nSPS) is 26.6. The molecular weight excluding hydrogens is 280 g/mol. The van der Waals surface area contributed by atoms with Gasteiger partial charge in [-0.25, -0.2) is 4.98 Å². The summed E-state index contributed by atoms with van der Waals surface area (Å²) in [7, 11) is 2.07. The molecule has 4 heteroatoms. The molecule has 21 heavy (non-hydrogen) atoms. The van der Waals surface area contributed by atoms with E-state index in [1.54, 1.807) is 11.8 Å². The van der Waals surface area contributed by atoms with E-state index in [9.17, 15) is 0 Å². The topological polar surface area (TPSA) is 38.1 Å². The highest BCUT2D eigenvalue weighted by Gasteiger charge is 2.32. The van der Waals surface area contributed by atoms with Crippen molar-refractivity contribution in [3.63, 3.8) is 0 Å². The van der Waals surface area contributed by atoms with Gasteiger partial charge in [0.15, 0.2) is 5.58 Å². The zero-order valence-electron chi connectivity index (χ0n) is 13.0. The van der Waals surface area contributed by atoms with Gasteiger partial charge in [-0.15, -0.1) is 0 Å². The first kappa shape index (κ1) is 14.9. The largest absolute Gasteiger partial charge is 0.431 e. The van der Waals surface area contributed by atoms with E-state index < -0.39 is 0 Å². The lowest BCUT2D eigenvalue weighted by atomic mass is 9.79. The Bertz CT molecular complexity index is 562. The molecule has 0 saturated heterocycles. The highest BCUT2D eigenvalue weighted by molar-refractivity contribution is 7.99. The third kappa shape index (κ3) is 3.27. The van der Waals surface area contributed by atoms with Gasteiger partial charge in [-0.2, -0.15) is 0 Å². The average molecular weight is 304 g/mol. The third-order valence-corrected chi connectivity index (χ3v) is 5.87. The van der Waals surface area contributed by atoms with E-state index in [-0.39, 0.29) is 0 Å². The monoisotopic (exact) mass is 304 g/mol. The molecule has 1 N–H and O–H groups in total. The molecule has 0 radical (unpaired) electrons. The fraction of sp³-hybridized carbons (Fsp3) is 0.588. The lowest BCUT2D eigenvalue weighted by Gasteiger charge is -2.36. The molecule has 0 amide bonds. The van der Waals surface area contributed by atoms with Gasteiger partial charge in [-0.3, -0.25) is 0 Å². The summed E-state index contributed by atoms with van der Waals surface area (Å²) in [6, 6.07) is 8.55. The van der Waals surface area contributed by atoms with Crippen LogP contribution in [0.25, 0.3) is 11.1 Å². The van der Waals surface area contributed by atoms with Crippen molar-refractivity contribution in [3.8, 4) is 0 Å². The van der Waals surface area contributed by atoms with Gasteiger partial charge in [-0.1, -0.05) is 37.7 Å². The summed E-state index contributed by atoms with van der Waals surface area (Å²) in [4.78, 5) is 4.61. The maximum Gasteiger partial charge on any atom is 0.257 e. The number of para-hydroxylation sites is 2. The predicted molar refractivity (Wildman–Crippen MR) is 88.7 cm³/mol. The van der Waals surface area contributed by atoms with Gasteiger partial charge in [0.1, 0.15) is 5.52 Å². The van der Waals surface area contributed by atoms with E-state index in [0.29, 0.717) is 11.3 Å². The first-order valence-electron chi connectivity index (χ1n) is 7.87. The van der Waals surface area contributed by atoms with Crippen LogP contribution in [0.5, 0.6) is 0 Å². The Balaban J connectivity index is 1.76. The molecule has 3 rings (SSSR count). The molecule has 1 aliphatic rings. The van der Waals surface area contributed by atoms with E-state index in [1.807, 2.05) is 24.3 Å². The first-order valence-corrected chi connectivity index (χ1v) is 8.75. The third-order valence-electron chi connectivity index (χ3n) is 4.67. The van der Waals surface area contributed by atoms with Crippen molar-refractivity contribution in [2.45, 2.75) is 49.6 Å². The summed E-state index contributed by atoms with van der Waals surface area (Å²) in [5.41, 5.74) is 1.84. The number of aromatic nitrogens is 1. The van der Waals surface area contributed by atoms with Crippen molar-refractivity contribution in [3.05, 3.63) is 24.3 Å². The van der Waals surface area contributed by atoms with Crippen molar-refractivity contribution in [1.82, 2.24) is 10.3 Å². The number of nitrogens with zero attached hydrogens (tertiary/aromatic N) is 1. The van der Waals surface area contributed by atoms with Crippen molar-refractivity contribution >= 4 is 22.9 Å². The van der Waals surface area contributed by atoms with Gasteiger partial charge in [-0.05, 0) is 50.3 Å². The molecule has 1 aromatic carbocycles. The van der Waals surface area contributed by atoms with Crippen LogP contribution in [0.4, 0.5) is 0 Å². The second-order valence-electron chi connectivity index (χ2n) is 6.32. The smallest absolute Gasteiger partial charge is 0.257 e. The fourth-order valence-corrected chi connectivity index (χ4v) is 4.58. The minimum Gasteiger partial charge on any atom is -0.431 e. The Labute approximate surface area is 130 Å². The molecule has 114 valence electrons. The minimum absolute atomic E-state index is 0.546. The zero-order valence-corrected chi connectivity index (χ0v) is 13.8. The summed E-state index contributed by atoms with van der Waals surface area (Å²) in [6.45, 7) is 4.68. The summed E-state index contributed by atoms with van der Waals surface area (Å²) in [5.74, 6) is 1.58. The van der Waals surface area contributed by atoms with Crippen molar-refractivity contribution in [2.24, 2.45) is 11.8 Å². The van der Waals surface area contributed by atoms with Gasteiger partial charge in [0.25, 0.3) is 5.22 Å². The van der Waals surface area contributed by atoms with E-state index in [4.69, 9.17) is 4.42 Å².